The minimum Gasteiger partial charge on any atom is -0.366 e. The van der Waals surface area contributed by atoms with Gasteiger partial charge in [0.15, 0.2) is 0 Å². The van der Waals surface area contributed by atoms with E-state index in [9.17, 15) is 0 Å². The minimum absolute atomic E-state index is 0.477. The molecule has 1 N–H and O–H groups in total. The van der Waals surface area contributed by atoms with Crippen molar-refractivity contribution in [2.45, 2.75) is 40.2 Å². The van der Waals surface area contributed by atoms with E-state index in [0.717, 1.165) is 17.9 Å². The molecule has 0 saturated heterocycles. The second-order valence-corrected chi connectivity index (χ2v) is 3.89. The predicted octanol–water partition coefficient (Wildman–Crippen LogP) is 2.63. The summed E-state index contributed by atoms with van der Waals surface area (Å²) in [6.45, 7) is 8.59. The van der Waals surface area contributed by atoms with Gasteiger partial charge in [0.1, 0.15) is 5.82 Å². The van der Waals surface area contributed by atoms with Gasteiger partial charge < -0.3 is 5.32 Å². The SMILES string of the molecule is CCC(Nc1nccnc1C)C(C)C. The largest absolute Gasteiger partial charge is 0.366 e. The van der Waals surface area contributed by atoms with E-state index in [1.165, 1.54) is 0 Å². The van der Waals surface area contributed by atoms with Gasteiger partial charge >= 0.3 is 0 Å². The number of rotatable bonds is 4. The van der Waals surface area contributed by atoms with Crippen molar-refractivity contribution < 1.29 is 0 Å². The van der Waals surface area contributed by atoms with Crippen molar-refractivity contribution in [1.29, 1.82) is 0 Å². The predicted molar refractivity (Wildman–Crippen MR) is 59.3 cm³/mol. The standard InChI is InChI=1S/C11H19N3/c1-5-10(8(2)3)14-11-9(4)12-6-7-13-11/h6-8,10H,5H2,1-4H3,(H,13,14). The molecule has 14 heavy (non-hydrogen) atoms. The molecule has 1 aromatic heterocycles. The van der Waals surface area contributed by atoms with Gasteiger partial charge in [-0.3, -0.25) is 4.98 Å². The monoisotopic (exact) mass is 193 g/mol. The summed E-state index contributed by atoms with van der Waals surface area (Å²) in [4.78, 5) is 8.48. The van der Waals surface area contributed by atoms with Gasteiger partial charge in [-0.1, -0.05) is 20.8 Å². The van der Waals surface area contributed by atoms with Crippen molar-refractivity contribution in [1.82, 2.24) is 9.97 Å². The Hall–Kier alpha value is -1.12. The zero-order valence-electron chi connectivity index (χ0n) is 9.41. The van der Waals surface area contributed by atoms with Crippen LogP contribution in [0.4, 0.5) is 5.82 Å². The highest BCUT2D eigenvalue weighted by Crippen LogP contribution is 2.14. The van der Waals surface area contributed by atoms with Crippen LogP contribution in [0.3, 0.4) is 0 Å². The lowest BCUT2D eigenvalue weighted by molar-refractivity contribution is 0.509. The molecule has 0 fully saturated rings. The summed E-state index contributed by atoms with van der Waals surface area (Å²) >= 11 is 0. The zero-order chi connectivity index (χ0) is 10.6. The third kappa shape index (κ3) is 2.69. The van der Waals surface area contributed by atoms with Gasteiger partial charge in [0, 0.05) is 18.4 Å². The number of aromatic nitrogens is 2. The maximum Gasteiger partial charge on any atom is 0.147 e. The smallest absolute Gasteiger partial charge is 0.147 e. The van der Waals surface area contributed by atoms with Crippen LogP contribution in [-0.2, 0) is 0 Å². The van der Waals surface area contributed by atoms with Gasteiger partial charge in [0.25, 0.3) is 0 Å². The fourth-order valence-corrected chi connectivity index (χ4v) is 1.47. The number of anilines is 1. The molecule has 0 aliphatic carbocycles. The molecule has 1 unspecified atom stereocenters. The number of aryl methyl sites for hydroxylation is 1. The van der Waals surface area contributed by atoms with Gasteiger partial charge in [0.2, 0.25) is 0 Å². The van der Waals surface area contributed by atoms with E-state index in [1.807, 2.05) is 6.92 Å². The molecule has 0 radical (unpaired) electrons. The van der Waals surface area contributed by atoms with Gasteiger partial charge in [0.05, 0.1) is 5.69 Å². The second-order valence-electron chi connectivity index (χ2n) is 3.89. The molecule has 0 spiro atoms. The lowest BCUT2D eigenvalue weighted by atomic mass is 10.0. The van der Waals surface area contributed by atoms with E-state index >= 15 is 0 Å². The zero-order valence-corrected chi connectivity index (χ0v) is 9.41. The summed E-state index contributed by atoms with van der Waals surface area (Å²) in [6, 6.07) is 0.477. The van der Waals surface area contributed by atoms with E-state index in [0.29, 0.717) is 12.0 Å². The van der Waals surface area contributed by atoms with Crippen molar-refractivity contribution in [3.8, 4) is 0 Å². The molecular weight excluding hydrogens is 174 g/mol. The molecule has 0 aliphatic heterocycles. The number of hydrogen-bond donors (Lipinski definition) is 1. The highest BCUT2D eigenvalue weighted by molar-refractivity contribution is 5.39. The Bertz CT molecular complexity index is 284. The fraction of sp³-hybridized carbons (Fsp3) is 0.636. The molecule has 78 valence electrons. The van der Waals surface area contributed by atoms with Crippen molar-refractivity contribution >= 4 is 5.82 Å². The highest BCUT2D eigenvalue weighted by Gasteiger charge is 2.12. The Morgan fingerprint density at radius 3 is 2.43 bits per heavy atom. The maximum atomic E-state index is 4.27. The number of nitrogens with one attached hydrogen (secondary N) is 1. The quantitative estimate of drug-likeness (QED) is 0.798. The Balaban J connectivity index is 2.72. The molecule has 1 atom stereocenters. The van der Waals surface area contributed by atoms with E-state index < -0.39 is 0 Å². The van der Waals surface area contributed by atoms with E-state index in [4.69, 9.17) is 0 Å². The van der Waals surface area contributed by atoms with Gasteiger partial charge in [-0.15, -0.1) is 0 Å². The van der Waals surface area contributed by atoms with Crippen molar-refractivity contribution in [2.75, 3.05) is 5.32 Å². The van der Waals surface area contributed by atoms with Crippen LogP contribution < -0.4 is 5.32 Å². The summed E-state index contributed by atoms with van der Waals surface area (Å²) < 4.78 is 0. The molecule has 0 bridgehead atoms. The normalized spacial score (nSPS) is 12.9. The first-order valence-electron chi connectivity index (χ1n) is 5.19. The first-order valence-corrected chi connectivity index (χ1v) is 5.19. The summed E-state index contributed by atoms with van der Waals surface area (Å²) in [6.07, 6.45) is 4.55. The van der Waals surface area contributed by atoms with E-state index in [1.54, 1.807) is 12.4 Å². The summed E-state index contributed by atoms with van der Waals surface area (Å²) in [7, 11) is 0. The summed E-state index contributed by atoms with van der Waals surface area (Å²) in [5.41, 5.74) is 0.964. The van der Waals surface area contributed by atoms with Crippen LogP contribution in [0.15, 0.2) is 12.4 Å². The van der Waals surface area contributed by atoms with Crippen LogP contribution in [-0.4, -0.2) is 16.0 Å². The van der Waals surface area contributed by atoms with Gasteiger partial charge in [-0.2, -0.15) is 0 Å². The van der Waals surface area contributed by atoms with E-state index in [-0.39, 0.29) is 0 Å². The number of nitrogens with zero attached hydrogens (tertiary/aromatic N) is 2. The molecule has 1 aromatic rings. The molecule has 0 aliphatic rings. The summed E-state index contributed by atoms with van der Waals surface area (Å²) in [5, 5.41) is 3.42. The summed E-state index contributed by atoms with van der Waals surface area (Å²) in [5.74, 6) is 1.52. The Kier molecular flexibility index (Phi) is 3.86. The average molecular weight is 193 g/mol. The lowest BCUT2D eigenvalue weighted by Crippen LogP contribution is -2.25. The Morgan fingerprint density at radius 1 is 1.29 bits per heavy atom. The average Bonchev–Trinajstić information content (AvgIpc) is 2.16. The van der Waals surface area contributed by atoms with Crippen LogP contribution in [0.1, 0.15) is 32.9 Å². The molecular formula is C11H19N3. The van der Waals surface area contributed by atoms with Crippen LogP contribution in [0.5, 0.6) is 0 Å². The second kappa shape index (κ2) is 4.94. The van der Waals surface area contributed by atoms with Gasteiger partial charge in [-0.05, 0) is 19.3 Å². The minimum atomic E-state index is 0.477. The van der Waals surface area contributed by atoms with E-state index in [2.05, 4.69) is 36.1 Å². The molecule has 0 amide bonds. The van der Waals surface area contributed by atoms with Crippen molar-refractivity contribution in [3.63, 3.8) is 0 Å². The first-order chi connectivity index (χ1) is 6.65. The van der Waals surface area contributed by atoms with Crippen molar-refractivity contribution in [3.05, 3.63) is 18.1 Å². The fourth-order valence-electron chi connectivity index (χ4n) is 1.47. The van der Waals surface area contributed by atoms with Crippen LogP contribution in [0.25, 0.3) is 0 Å². The topological polar surface area (TPSA) is 37.8 Å². The number of hydrogen-bond acceptors (Lipinski definition) is 3. The van der Waals surface area contributed by atoms with Crippen LogP contribution in [0.2, 0.25) is 0 Å². The Labute approximate surface area is 86.0 Å². The third-order valence-corrected chi connectivity index (χ3v) is 2.45. The molecule has 0 saturated carbocycles. The Morgan fingerprint density at radius 2 is 1.93 bits per heavy atom. The first kappa shape index (κ1) is 11.0. The molecule has 3 heteroatoms. The molecule has 0 aromatic carbocycles. The highest BCUT2D eigenvalue weighted by atomic mass is 15.0. The molecule has 1 heterocycles. The van der Waals surface area contributed by atoms with Crippen LogP contribution >= 0.6 is 0 Å². The van der Waals surface area contributed by atoms with Gasteiger partial charge in [-0.25, -0.2) is 4.98 Å². The van der Waals surface area contributed by atoms with Crippen LogP contribution in [0, 0.1) is 12.8 Å². The molecule has 1 rings (SSSR count). The molecule has 3 nitrogen and oxygen atoms in total. The van der Waals surface area contributed by atoms with Crippen molar-refractivity contribution in [2.24, 2.45) is 5.92 Å². The lowest BCUT2D eigenvalue weighted by Gasteiger charge is -2.21. The maximum absolute atomic E-state index is 4.27. The third-order valence-electron chi connectivity index (χ3n) is 2.45.